The van der Waals surface area contributed by atoms with E-state index in [9.17, 15) is 4.79 Å². The highest BCUT2D eigenvalue weighted by Gasteiger charge is 2.26. The third kappa shape index (κ3) is 3.67. The van der Waals surface area contributed by atoms with E-state index in [4.69, 9.17) is 0 Å². The Hall–Kier alpha value is -2.65. The fourth-order valence-corrected chi connectivity index (χ4v) is 4.90. The summed E-state index contributed by atoms with van der Waals surface area (Å²) in [6.07, 6.45) is 4.09. The minimum Gasteiger partial charge on any atom is -0.325 e. The Morgan fingerprint density at radius 3 is 2.45 bits per heavy atom. The zero-order valence-corrected chi connectivity index (χ0v) is 17.1. The summed E-state index contributed by atoms with van der Waals surface area (Å²) in [6, 6.07) is 19.5. The van der Waals surface area contributed by atoms with Crippen molar-refractivity contribution in [3.63, 3.8) is 0 Å². The lowest BCUT2D eigenvalue weighted by Gasteiger charge is -2.31. The van der Waals surface area contributed by atoms with Crippen LogP contribution in [0.15, 0.2) is 54.6 Å². The number of likely N-dealkylation sites (tertiary alicyclic amines) is 1. The van der Waals surface area contributed by atoms with Gasteiger partial charge in [-0.15, -0.1) is 0 Å². The Labute approximate surface area is 172 Å². The van der Waals surface area contributed by atoms with Gasteiger partial charge in [0.15, 0.2) is 0 Å². The second-order valence-corrected chi connectivity index (χ2v) is 8.64. The molecule has 3 aromatic rings. The Bertz CT molecular complexity index is 1040. The molecule has 148 valence electrons. The zero-order chi connectivity index (χ0) is 19.8. The number of hydrogen-bond donors (Lipinski definition) is 1. The van der Waals surface area contributed by atoms with Crippen LogP contribution >= 0.6 is 0 Å². The average molecular weight is 385 g/mol. The quantitative estimate of drug-likeness (QED) is 0.679. The van der Waals surface area contributed by atoms with Crippen molar-refractivity contribution >= 4 is 22.4 Å². The summed E-state index contributed by atoms with van der Waals surface area (Å²) in [5, 5.41) is 5.81. The molecule has 0 unspecified atom stereocenters. The molecule has 5 rings (SSSR count). The molecular weight excluding hydrogens is 356 g/mol. The van der Waals surface area contributed by atoms with E-state index in [-0.39, 0.29) is 11.8 Å². The number of piperidine rings is 1. The van der Waals surface area contributed by atoms with E-state index in [2.05, 4.69) is 71.7 Å². The number of nitrogens with zero attached hydrogens (tertiary/aromatic N) is 1. The highest BCUT2D eigenvalue weighted by molar-refractivity contribution is 6.05. The van der Waals surface area contributed by atoms with Crippen molar-refractivity contribution < 1.29 is 4.79 Å². The fraction of sp³-hybridized carbons (Fsp3) is 0.346. The summed E-state index contributed by atoms with van der Waals surface area (Å²) >= 11 is 0. The molecule has 1 aliphatic heterocycles. The normalized spacial score (nSPS) is 17.0. The maximum atomic E-state index is 13.0. The first-order chi connectivity index (χ1) is 14.2. The summed E-state index contributed by atoms with van der Waals surface area (Å²) in [4.78, 5) is 15.4. The molecule has 0 saturated carbocycles. The molecule has 1 amide bonds. The second kappa shape index (κ2) is 7.64. The Morgan fingerprint density at radius 2 is 1.69 bits per heavy atom. The number of anilines is 1. The molecule has 0 aromatic heterocycles. The third-order valence-corrected chi connectivity index (χ3v) is 6.62. The molecule has 1 saturated heterocycles. The average Bonchev–Trinajstić information content (AvgIpc) is 3.17. The molecule has 3 aromatic carbocycles. The van der Waals surface area contributed by atoms with Gasteiger partial charge < -0.3 is 5.32 Å². The monoisotopic (exact) mass is 384 g/mol. The van der Waals surface area contributed by atoms with Gasteiger partial charge in [-0.25, -0.2) is 0 Å². The van der Waals surface area contributed by atoms with Gasteiger partial charge in [0.1, 0.15) is 0 Å². The molecule has 0 spiro atoms. The molecule has 1 heterocycles. The van der Waals surface area contributed by atoms with Gasteiger partial charge in [-0.1, -0.05) is 54.1 Å². The van der Waals surface area contributed by atoms with Gasteiger partial charge in [0, 0.05) is 23.5 Å². The Morgan fingerprint density at radius 1 is 0.966 bits per heavy atom. The van der Waals surface area contributed by atoms with Gasteiger partial charge in [0.25, 0.3) is 0 Å². The van der Waals surface area contributed by atoms with Crippen LogP contribution < -0.4 is 5.32 Å². The molecule has 1 fully saturated rings. The first kappa shape index (κ1) is 18.4. The van der Waals surface area contributed by atoms with Gasteiger partial charge in [-0.2, -0.15) is 0 Å². The summed E-state index contributed by atoms with van der Waals surface area (Å²) in [7, 11) is 0. The van der Waals surface area contributed by atoms with E-state index in [0.29, 0.717) is 0 Å². The van der Waals surface area contributed by atoms with Crippen molar-refractivity contribution in [1.82, 2.24) is 4.90 Å². The minimum atomic E-state index is 0.104. The van der Waals surface area contributed by atoms with Crippen LogP contribution in [0.25, 0.3) is 10.8 Å². The number of rotatable bonds is 4. The Balaban J connectivity index is 1.23. The van der Waals surface area contributed by atoms with Crippen LogP contribution in [0.5, 0.6) is 0 Å². The lowest BCUT2D eigenvalue weighted by molar-refractivity contribution is -0.121. The van der Waals surface area contributed by atoms with Crippen LogP contribution in [-0.4, -0.2) is 23.9 Å². The summed E-state index contributed by atoms with van der Waals surface area (Å²) < 4.78 is 0. The zero-order valence-electron chi connectivity index (χ0n) is 17.1. The second-order valence-electron chi connectivity index (χ2n) is 8.64. The molecule has 29 heavy (non-hydrogen) atoms. The molecule has 2 aliphatic rings. The highest BCUT2D eigenvalue weighted by Crippen LogP contribution is 2.35. The van der Waals surface area contributed by atoms with Gasteiger partial charge in [0.05, 0.1) is 0 Å². The number of carbonyl (C=O) groups excluding carboxylic acids is 1. The van der Waals surface area contributed by atoms with E-state index >= 15 is 0 Å². The topological polar surface area (TPSA) is 32.3 Å². The Kier molecular flexibility index (Phi) is 4.84. The lowest BCUT2D eigenvalue weighted by atomic mass is 9.95. The largest absolute Gasteiger partial charge is 0.325 e. The van der Waals surface area contributed by atoms with E-state index in [0.717, 1.165) is 51.0 Å². The number of benzene rings is 3. The van der Waals surface area contributed by atoms with E-state index in [1.54, 1.807) is 0 Å². The summed E-state index contributed by atoms with van der Waals surface area (Å²) in [5.74, 6) is 0.283. The highest BCUT2D eigenvalue weighted by atomic mass is 16.1. The number of aryl methyl sites for hydroxylation is 3. The molecule has 0 atom stereocenters. The standard InChI is InChI=1S/C26H28N2O/c1-18-5-7-19(8-6-18)17-28-15-13-22(14-16-28)26(29)27-24-12-11-21-10-9-20-3-2-4-23(24)25(20)21/h2-8,11-12,22H,9-10,13-17H2,1H3,(H,27,29). The molecule has 0 radical (unpaired) electrons. The molecule has 1 aliphatic carbocycles. The smallest absolute Gasteiger partial charge is 0.227 e. The minimum absolute atomic E-state index is 0.104. The van der Waals surface area contributed by atoms with Gasteiger partial charge in [-0.05, 0) is 73.8 Å². The predicted octanol–water partition coefficient (Wildman–Crippen LogP) is 5.10. The first-order valence-electron chi connectivity index (χ1n) is 10.8. The molecule has 3 nitrogen and oxygen atoms in total. The lowest BCUT2D eigenvalue weighted by Crippen LogP contribution is -2.37. The van der Waals surface area contributed by atoms with Gasteiger partial charge in [0.2, 0.25) is 5.91 Å². The van der Waals surface area contributed by atoms with Crippen LogP contribution in [0, 0.1) is 12.8 Å². The van der Waals surface area contributed by atoms with Crippen molar-refractivity contribution in [1.29, 1.82) is 0 Å². The van der Waals surface area contributed by atoms with Gasteiger partial charge >= 0.3 is 0 Å². The number of nitrogens with one attached hydrogen (secondary N) is 1. The molecular formula is C26H28N2O. The fourth-order valence-electron chi connectivity index (χ4n) is 4.90. The summed E-state index contributed by atoms with van der Waals surface area (Å²) in [5.41, 5.74) is 6.45. The van der Waals surface area contributed by atoms with Gasteiger partial charge in [-0.3, -0.25) is 9.69 Å². The van der Waals surface area contributed by atoms with Crippen LogP contribution in [0.3, 0.4) is 0 Å². The van der Waals surface area contributed by atoms with E-state index < -0.39 is 0 Å². The van der Waals surface area contributed by atoms with Crippen molar-refractivity contribution in [3.8, 4) is 0 Å². The van der Waals surface area contributed by atoms with Crippen molar-refractivity contribution in [2.24, 2.45) is 5.92 Å². The van der Waals surface area contributed by atoms with Crippen LogP contribution in [0.2, 0.25) is 0 Å². The maximum absolute atomic E-state index is 13.0. The van der Waals surface area contributed by atoms with Crippen molar-refractivity contribution in [3.05, 3.63) is 76.9 Å². The third-order valence-electron chi connectivity index (χ3n) is 6.62. The van der Waals surface area contributed by atoms with Crippen LogP contribution in [0.1, 0.15) is 35.1 Å². The molecule has 1 N–H and O–H groups in total. The molecule has 3 heteroatoms. The number of hydrogen-bond acceptors (Lipinski definition) is 2. The van der Waals surface area contributed by atoms with Crippen molar-refractivity contribution in [2.45, 2.75) is 39.2 Å². The molecule has 0 bridgehead atoms. The number of amides is 1. The first-order valence-corrected chi connectivity index (χ1v) is 10.8. The van der Waals surface area contributed by atoms with Crippen LogP contribution in [-0.2, 0) is 24.2 Å². The van der Waals surface area contributed by atoms with Crippen LogP contribution in [0.4, 0.5) is 5.69 Å². The predicted molar refractivity (Wildman–Crippen MR) is 119 cm³/mol. The summed E-state index contributed by atoms with van der Waals surface area (Å²) in [6.45, 7) is 5.06. The SMILES string of the molecule is Cc1ccc(CN2CCC(C(=O)Nc3ccc4c5c(cccc35)CC4)CC2)cc1. The number of carbonyl (C=O) groups is 1. The van der Waals surface area contributed by atoms with Crippen molar-refractivity contribution in [2.75, 3.05) is 18.4 Å². The maximum Gasteiger partial charge on any atom is 0.227 e. The van der Waals surface area contributed by atoms with E-state index in [1.165, 1.54) is 33.0 Å². The van der Waals surface area contributed by atoms with E-state index in [1.807, 2.05) is 0 Å².